The van der Waals surface area contributed by atoms with Gasteiger partial charge in [-0.3, -0.25) is 4.79 Å². The van der Waals surface area contributed by atoms with E-state index in [1.165, 1.54) is 0 Å². The summed E-state index contributed by atoms with van der Waals surface area (Å²) in [7, 11) is 3.94. The van der Waals surface area contributed by atoms with Gasteiger partial charge in [0.15, 0.2) is 17.2 Å². The Morgan fingerprint density at radius 2 is 1.93 bits per heavy atom. The average molecular weight is 393 g/mol. The third-order valence-electron chi connectivity index (χ3n) is 4.97. The number of aromatic nitrogens is 3. The van der Waals surface area contributed by atoms with Crippen molar-refractivity contribution in [3.05, 3.63) is 65.5 Å². The third-order valence-corrected chi connectivity index (χ3v) is 4.97. The standard InChI is InChI=1S/C21H23N5O3/c1-14-20(23-24-26(14)16-7-5-4-6-8-16)21(27)22-12-17(25(2)3)15-9-10-18-19(11-15)29-13-28-18/h4-11,17H,12-13H2,1-3H3,(H,22,27). The van der Waals surface area contributed by atoms with Gasteiger partial charge in [0.25, 0.3) is 5.91 Å². The van der Waals surface area contributed by atoms with Gasteiger partial charge in [-0.15, -0.1) is 5.10 Å². The molecular weight excluding hydrogens is 370 g/mol. The molecule has 1 aliphatic rings. The monoisotopic (exact) mass is 393 g/mol. The average Bonchev–Trinajstić information content (AvgIpc) is 3.34. The Labute approximate surface area is 169 Å². The molecule has 2 aromatic carbocycles. The minimum Gasteiger partial charge on any atom is -0.454 e. The van der Waals surface area contributed by atoms with Crippen molar-refractivity contribution in [2.45, 2.75) is 13.0 Å². The van der Waals surface area contributed by atoms with Crippen LogP contribution in [-0.4, -0.2) is 53.2 Å². The molecule has 0 spiro atoms. The number of fused-ring (bicyclic) bond motifs is 1. The van der Waals surface area contributed by atoms with Gasteiger partial charge in [0.1, 0.15) is 0 Å². The summed E-state index contributed by atoms with van der Waals surface area (Å²) in [4.78, 5) is 14.8. The Morgan fingerprint density at radius 3 is 2.69 bits per heavy atom. The lowest BCUT2D eigenvalue weighted by Gasteiger charge is -2.25. The summed E-state index contributed by atoms with van der Waals surface area (Å²) in [5, 5.41) is 11.2. The molecule has 0 saturated heterocycles. The van der Waals surface area contributed by atoms with E-state index in [9.17, 15) is 4.79 Å². The fourth-order valence-electron chi connectivity index (χ4n) is 3.35. The molecule has 1 amide bonds. The van der Waals surface area contributed by atoms with Gasteiger partial charge < -0.3 is 19.7 Å². The Hall–Kier alpha value is -3.39. The van der Waals surface area contributed by atoms with Crippen molar-refractivity contribution in [1.29, 1.82) is 0 Å². The number of nitrogens with zero attached hydrogens (tertiary/aromatic N) is 4. The lowest BCUT2D eigenvalue weighted by molar-refractivity contribution is 0.0936. The largest absolute Gasteiger partial charge is 0.454 e. The van der Waals surface area contributed by atoms with Crippen LogP contribution in [0.25, 0.3) is 5.69 Å². The maximum absolute atomic E-state index is 12.8. The molecule has 0 saturated carbocycles. The summed E-state index contributed by atoms with van der Waals surface area (Å²) >= 11 is 0. The number of ether oxygens (including phenoxy) is 2. The lowest BCUT2D eigenvalue weighted by atomic mass is 10.1. The number of rotatable bonds is 6. The van der Waals surface area contributed by atoms with Crippen LogP contribution in [0.15, 0.2) is 48.5 Å². The lowest BCUT2D eigenvalue weighted by Crippen LogP contribution is -2.35. The van der Waals surface area contributed by atoms with Crippen molar-refractivity contribution >= 4 is 5.91 Å². The number of hydrogen-bond donors (Lipinski definition) is 1. The fourth-order valence-corrected chi connectivity index (χ4v) is 3.35. The highest BCUT2D eigenvalue weighted by Gasteiger charge is 2.22. The molecule has 0 aliphatic carbocycles. The first kappa shape index (κ1) is 18.9. The van der Waals surface area contributed by atoms with Gasteiger partial charge in [0.05, 0.1) is 17.4 Å². The zero-order valence-corrected chi connectivity index (χ0v) is 16.6. The molecule has 8 nitrogen and oxygen atoms in total. The summed E-state index contributed by atoms with van der Waals surface area (Å²) in [5.41, 5.74) is 2.91. The van der Waals surface area contributed by atoms with Crippen LogP contribution >= 0.6 is 0 Å². The van der Waals surface area contributed by atoms with Gasteiger partial charge in [0.2, 0.25) is 6.79 Å². The minimum absolute atomic E-state index is 0.0297. The summed E-state index contributed by atoms with van der Waals surface area (Å²) in [6.45, 7) is 2.49. The maximum atomic E-state index is 12.8. The number of para-hydroxylation sites is 1. The quantitative estimate of drug-likeness (QED) is 0.692. The second-order valence-corrected chi connectivity index (χ2v) is 7.07. The smallest absolute Gasteiger partial charge is 0.273 e. The Kier molecular flexibility index (Phi) is 5.18. The van der Waals surface area contributed by atoms with Crippen LogP contribution in [0.1, 0.15) is 27.8 Å². The normalized spacial score (nSPS) is 13.5. The summed E-state index contributed by atoms with van der Waals surface area (Å²) in [6.07, 6.45) is 0. The van der Waals surface area contributed by atoms with Crippen LogP contribution < -0.4 is 14.8 Å². The summed E-state index contributed by atoms with van der Waals surface area (Å²) < 4.78 is 12.5. The van der Waals surface area contributed by atoms with Crippen molar-refractivity contribution < 1.29 is 14.3 Å². The molecule has 150 valence electrons. The predicted octanol–water partition coefficient (Wildman–Crippen LogP) is 2.34. The van der Waals surface area contributed by atoms with Crippen LogP contribution in [-0.2, 0) is 0 Å². The highest BCUT2D eigenvalue weighted by molar-refractivity contribution is 5.93. The predicted molar refractivity (Wildman–Crippen MR) is 107 cm³/mol. The topological polar surface area (TPSA) is 81.5 Å². The van der Waals surface area contributed by atoms with E-state index in [2.05, 4.69) is 15.6 Å². The van der Waals surface area contributed by atoms with E-state index in [0.29, 0.717) is 17.9 Å². The van der Waals surface area contributed by atoms with E-state index in [4.69, 9.17) is 9.47 Å². The highest BCUT2D eigenvalue weighted by Crippen LogP contribution is 2.35. The van der Waals surface area contributed by atoms with Gasteiger partial charge in [-0.1, -0.05) is 29.5 Å². The second-order valence-electron chi connectivity index (χ2n) is 7.07. The van der Waals surface area contributed by atoms with E-state index in [1.807, 2.05) is 74.4 Å². The molecule has 4 rings (SSSR count). The molecule has 0 fully saturated rings. The zero-order valence-electron chi connectivity index (χ0n) is 16.6. The van der Waals surface area contributed by atoms with Gasteiger partial charge in [-0.2, -0.15) is 0 Å². The first-order valence-electron chi connectivity index (χ1n) is 9.36. The van der Waals surface area contributed by atoms with Crippen LogP contribution in [0.2, 0.25) is 0 Å². The van der Waals surface area contributed by atoms with E-state index < -0.39 is 0 Å². The number of likely N-dealkylation sites (N-methyl/N-ethyl adjacent to an activating group) is 1. The third kappa shape index (κ3) is 3.79. The van der Waals surface area contributed by atoms with Crippen molar-refractivity contribution in [1.82, 2.24) is 25.2 Å². The van der Waals surface area contributed by atoms with Crippen molar-refractivity contribution in [2.75, 3.05) is 27.4 Å². The number of benzene rings is 2. The maximum Gasteiger partial charge on any atom is 0.273 e. The molecule has 1 unspecified atom stereocenters. The van der Waals surface area contributed by atoms with Crippen LogP contribution in [0.3, 0.4) is 0 Å². The SMILES string of the molecule is Cc1c(C(=O)NCC(c2ccc3c(c2)OCO3)N(C)C)nnn1-c1ccccc1. The summed E-state index contributed by atoms with van der Waals surface area (Å²) in [6, 6.07) is 15.4. The molecule has 1 aliphatic heterocycles. The van der Waals surface area contributed by atoms with Gasteiger partial charge >= 0.3 is 0 Å². The second kappa shape index (κ2) is 7.92. The Morgan fingerprint density at radius 1 is 1.17 bits per heavy atom. The van der Waals surface area contributed by atoms with E-state index >= 15 is 0 Å². The fraction of sp³-hybridized carbons (Fsp3) is 0.286. The number of amides is 1. The molecular formula is C21H23N5O3. The molecule has 3 aromatic rings. The summed E-state index contributed by atoms with van der Waals surface area (Å²) in [5.74, 6) is 1.21. The van der Waals surface area contributed by atoms with Crippen molar-refractivity contribution in [3.63, 3.8) is 0 Å². The van der Waals surface area contributed by atoms with Gasteiger partial charge in [-0.05, 0) is 50.8 Å². The molecule has 1 N–H and O–H groups in total. The van der Waals surface area contributed by atoms with Gasteiger partial charge in [0, 0.05) is 6.54 Å². The Balaban J connectivity index is 1.49. The number of carbonyl (C=O) groups excluding carboxylic acids is 1. The number of carbonyl (C=O) groups is 1. The number of hydrogen-bond acceptors (Lipinski definition) is 6. The first-order chi connectivity index (χ1) is 14.0. The molecule has 2 heterocycles. The minimum atomic E-state index is -0.253. The Bertz CT molecular complexity index is 1020. The van der Waals surface area contributed by atoms with E-state index in [0.717, 1.165) is 22.7 Å². The molecule has 29 heavy (non-hydrogen) atoms. The van der Waals surface area contributed by atoms with Crippen molar-refractivity contribution in [2.24, 2.45) is 0 Å². The highest BCUT2D eigenvalue weighted by atomic mass is 16.7. The zero-order chi connectivity index (χ0) is 20.4. The van der Waals surface area contributed by atoms with E-state index in [-0.39, 0.29) is 18.7 Å². The molecule has 1 atom stereocenters. The van der Waals surface area contributed by atoms with Gasteiger partial charge in [-0.25, -0.2) is 4.68 Å². The van der Waals surface area contributed by atoms with E-state index in [1.54, 1.807) is 4.68 Å². The molecule has 8 heteroatoms. The van der Waals surface area contributed by atoms with Crippen LogP contribution in [0.5, 0.6) is 11.5 Å². The molecule has 0 radical (unpaired) electrons. The molecule has 1 aromatic heterocycles. The van der Waals surface area contributed by atoms with Crippen LogP contribution in [0.4, 0.5) is 0 Å². The van der Waals surface area contributed by atoms with Crippen molar-refractivity contribution in [3.8, 4) is 17.2 Å². The number of nitrogens with one attached hydrogen (secondary N) is 1. The molecule has 0 bridgehead atoms. The first-order valence-corrected chi connectivity index (χ1v) is 9.36. The van der Waals surface area contributed by atoms with Crippen LogP contribution in [0, 0.1) is 6.92 Å².